The van der Waals surface area contributed by atoms with Crippen LogP contribution >= 0.6 is 15.9 Å². The van der Waals surface area contributed by atoms with Crippen LogP contribution in [0.1, 0.15) is 28.8 Å². The monoisotopic (exact) mass is 408 g/mol. The van der Waals surface area contributed by atoms with E-state index < -0.39 is 10.0 Å². The number of nitrogens with one attached hydrogen (secondary N) is 2. The molecule has 126 valence electrons. The summed E-state index contributed by atoms with van der Waals surface area (Å²) in [6.45, 7) is 1.93. The minimum Gasteiger partial charge on any atom is -0.322 e. The number of sulfonamides is 1. The average molecular weight is 409 g/mol. The van der Waals surface area contributed by atoms with Crippen LogP contribution in [-0.4, -0.2) is 20.4 Å². The number of amides is 1. The summed E-state index contributed by atoms with van der Waals surface area (Å²) in [5.41, 5.74) is 1.96. The number of rotatable bonds is 5. The first kappa shape index (κ1) is 17.1. The van der Waals surface area contributed by atoms with E-state index in [1.165, 1.54) is 12.1 Å². The number of halogens is 1. The summed E-state index contributed by atoms with van der Waals surface area (Å²) >= 11 is 3.31. The molecule has 0 heterocycles. The number of carbonyl (C=O) groups is 1. The highest BCUT2D eigenvalue weighted by Gasteiger charge is 2.28. The van der Waals surface area contributed by atoms with Gasteiger partial charge in [-0.2, -0.15) is 0 Å². The lowest BCUT2D eigenvalue weighted by Gasteiger charge is -2.10. The average Bonchev–Trinajstić information content (AvgIpc) is 3.30. The molecule has 0 radical (unpaired) electrons. The Morgan fingerprint density at radius 2 is 1.92 bits per heavy atom. The second-order valence-electron chi connectivity index (χ2n) is 5.86. The highest BCUT2D eigenvalue weighted by molar-refractivity contribution is 9.10. The fourth-order valence-corrected chi connectivity index (χ4v) is 4.01. The Kier molecular flexibility index (Phi) is 4.76. The van der Waals surface area contributed by atoms with Crippen molar-refractivity contribution in [1.29, 1.82) is 0 Å². The molecule has 0 saturated heterocycles. The molecule has 1 aliphatic carbocycles. The molecule has 0 aromatic heterocycles. The predicted molar refractivity (Wildman–Crippen MR) is 96.6 cm³/mol. The zero-order valence-corrected chi connectivity index (χ0v) is 15.4. The van der Waals surface area contributed by atoms with Crippen LogP contribution in [0.25, 0.3) is 0 Å². The van der Waals surface area contributed by atoms with Gasteiger partial charge in [0.1, 0.15) is 0 Å². The van der Waals surface area contributed by atoms with Gasteiger partial charge in [0.25, 0.3) is 5.91 Å². The number of hydrogen-bond donors (Lipinski definition) is 2. The molecule has 0 spiro atoms. The number of anilines is 1. The van der Waals surface area contributed by atoms with Gasteiger partial charge in [-0.05, 0) is 71.6 Å². The van der Waals surface area contributed by atoms with Crippen LogP contribution in [0.5, 0.6) is 0 Å². The first-order valence-electron chi connectivity index (χ1n) is 7.55. The summed E-state index contributed by atoms with van der Waals surface area (Å²) in [5, 5.41) is 2.79. The molecule has 1 fully saturated rings. The van der Waals surface area contributed by atoms with Crippen LogP contribution in [0.2, 0.25) is 0 Å². The van der Waals surface area contributed by atoms with Crippen molar-refractivity contribution in [2.45, 2.75) is 30.7 Å². The first-order chi connectivity index (χ1) is 11.3. The molecule has 24 heavy (non-hydrogen) atoms. The molecule has 1 amide bonds. The second-order valence-corrected chi connectivity index (χ2v) is 8.43. The molecule has 0 unspecified atom stereocenters. The lowest BCUT2D eigenvalue weighted by atomic mass is 10.2. The second kappa shape index (κ2) is 6.66. The van der Waals surface area contributed by atoms with Crippen LogP contribution < -0.4 is 10.0 Å². The number of aryl methyl sites for hydroxylation is 1. The van der Waals surface area contributed by atoms with Crippen LogP contribution in [0.4, 0.5) is 5.69 Å². The van der Waals surface area contributed by atoms with Gasteiger partial charge in [-0.15, -0.1) is 0 Å². The molecule has 7 heteroatoms. The van der Waals surface area contributed by atoms with Crippen molar-refractivity contribution in [3.8, 4) is 0 Å². The molecular weight excluding hydrogens is 392 g/mol. The molecular formula is C17H17BrN2O3S. The van der Waals surface area contributed by atoms with E-state index >= 15 is 0 Å². The standard InChI is InChI=1S/C17H17BrN2O3S/c1-11-3-2-4-13(9-11)19-17(21)15-10-14(7-8-16(15)18)24(22,23)20-12-5-6-12/h2-4,7-10,12,20H,5-6H2,1H3,(H,19,21). The van der Waals surface area contributed by atoms with E-state index in [0.29, 0.717) is 10.2 Å². The maximum Gasteiger partial charge on any atom is 0.256 e. The molecule has 0 aliphatic heterocycles. The minimum absolute atomic E-state index is 0.0169. The van der Waals surface area contributed by atoms with Crippen molar-refractivity contribution in [3.63, 3.8) is 0 Å². The quantitative estimate of drug-likeness (QED) is 0.795. The summed E-state index contributed by atoms with van der Waals surface area (Å²) in [6, 6.07) is 11.9. The molecule has 0 atom stereocenters. The van der Waals surface area contributed by atoms with Gasteiger partial charge in [0.05, 0.1) is 10.5 Å². The Balaban J connectivity index is 1.86. The summed E-state index contributed by atoms with van der Waals surface area (Å²) in [6.07, 6.45) is 1.72. The summed E-state index contributed by atoms with van der Waals surface area (Å²) in [4.78, 5) is 12.6. The van der Waals surface area contributed by atoms with E-state index in [-0.39, 0.29) is 22.4 Å². The highest BCUT2D eigenvalue weighted by Crippen LogP contribution is 2.25. The van der Waals surface area contributed by atoms with Crippen molar-refractivity contribution in [1.82, 2.24) is 4.72 Å². The molecule has 5 nitrogen and oxygen atoms in total. The third-order valence-corrected chi connectivity index (χ3v) is 5.88. The lowest BCUT2D eigenvalue weighted by molar-refractivity contribution is 0.102. The maximum absolute atomic E-state index is 12.5. The van der Waals surface area contributed by atoms with Crippen molar-refractivity contribution in [3.05, 3.63) is 58.1 Å². The fraction of sp³-hybridized carbons (Fsp3) is 0.235. The first-order valence-corrected chi connectivity index (χ1v) is 9.83. The number of hydrogen-bond acceptors (Lipinski definition) is 3. The Morgan fingerprint density at radius 3 is 2.58 bits per heavy atom. The predicted octanol–water partition coefficient (Wildman–Crippen LogP) is 3.45. The lowest BCUT2D eigenvalue weighted by Crippen LogP contribution is -2.26. The fourth-order valence-electron chi connectivity index (χ4n) is 2.26. The van der Waals surface area contributed by atoms with E-state index in [2.05, 4.69) is 26.0 Å². The van der Waals surface area contributed by atoms with E-state index in [4.69, 9.17) is 0 Å². The van der Waals surface area contributed by atoms with Gasteiger partial charge in [-0.25, -0.2) is 13.1 Å². The minimum atomic E-state index is -3.60. The Bertz CT molecular complexity index is 892. The number of carbonyl (C=O) groups excluding carboxylic acids is 1. The molecule has 3 rings (SSSR count). The zero-order chi connectivity index (χ0) is 17.3. The summed E-state index contributed by atoms with van der Waals surface area (Å²) in [7, 11) is -3.60. The Hall–Kier alpha value is -1.70. The Morgan fingerprint density at radius 1 is 1.17 bits per heavy atom. The van der Waals surface area contributed by atoms with Crippen molar-refractivity contribution < 1.29 is 13.2 Å². The molecule has 2 N–H and O–H groups in total. The third kappa shape index (κ3) is 4.03. The molecule has 1 aliphatic rings. The maximum atomic E-state index is 12.5. The molecule has 1 saturated carbocycles. The smallest absolute Gasteiger partial charge is 0.256 e. The SMILES string of the molecule is Cc1cccc(NC(=O)c2cc(S(=O)(=O)NC3CC3)ccc2Br)c1. The van der Waals surface area contributed by atoms with Gasteiger partial charge >= 0.3 is 0 Å². The Labute approximate surface area is 149 Å². The molecule has 2 aromatic carbocycles. The summed E-state index contributed by atoms with van der Waals surface area (Å²) < 4.78 is 27.8. The van der Waals surface area contributed by atoms with Gasteiger partial charge in [0.15, 0.2) is 0 Å². The van der Waals surface area contributed by atoms with Gasteiger partial charge in [-0.3, -0.25) is 4.79 Å². The van der Waals surface area contributed by atoms with E-state index in [1.54, 1.807) is 12.1 Å². The van der Waals surface area contributed by atoms with E-state index in [0.717, 1.165) is 18.4 Å². The topological polar surface area (TPSA) is 75.3 Å². The largest absolute Gasteiger partial charge is 0.322 e. The van der Waals surface area contributed by atoms with Crippen LogP contribution in [-0.2, 0) is 10.0 Å². The molecule has 0 bridgehead atoms. The highest BCUT2D eigenvalue weighted by atomic mass is 79.9. The van der Waals surface area contributed by atoms with Crippen molar-refractivity contribution >= 4 is 37.5 Å². The van der Waals surface area contributed by atoms with E-state index in [9.17, 15) is 13.2 Å². The van der Waals surface area contributed by atoms with Crippen LogP contribution in [0.3, 0.4) is 0 Å². The van der Waals surface area contributed by atoms with Crippen LogP contribution in [0, 0.1) is 6.92 Å². The van der Waals surface area contributed by atoms with Gasteiger partial charge in [-0.1, -0.05) is 12.1 Å². The number of benzene rings is 2. The zero-order valence-electron chi connectivity index (χ0n) is 13.0. The summed E-state index contributed by atoms with van der Waals surface area (Å²) in [5.74, 6) is -0.365. The normalized spacial score (nSPS) is 14.4. The van der Waals surface area contributed by atoms with Gasteiger partial charge in [0, 0.05) is 16.2 Å². The molecule has 2 aromatic rings. The van der Waals surface area contributed by atoms with Crippen molar-refractivity contribution in [2.75, 3.05) is 5.32 Å². The van der Waals surface area contributed by atoms with Gasteiger partial charge in [0.2, 0.25) is 10.0 Å². The van der Waals surface area contributed by atoms with Crippen molar-refractivity contribution in [2.24, 2.45) is 0 Å². The third-order valence-electron chi connectivity index (χ3n) is 3.67. The van der Waals surface area contributed by atoms with Gasteiger partial charge < -0.3 is 5.32 Å². The van der Waals surface area contributed by atoms with E-state index in [1.807, 2.05) is 25.1 Å². The van der Waals surface area contributed by atoms with Crippen LogP contribution in [0.15, 0.2) is 51.8 Å².